The molecule has 0 saturated carbocycles. The molecule has 2 rings (SSSR count). The van der Waals surface area contributed by atoms with Gasteiger partial charge in [0.05, 0.1) is 13.0 Å². The van der Waals surface area contributed by atoms with E-state index >= 15 is 0 Å². The first-order valence-corrected chi connectivity index (χ1v) is 5.59. The zero-order valence-electron chi connectivity index (χ0n) is 9.68. The van der Waals surface area contributed by atoms with Gasteiger partial charge in [-0.25, -0.2) is 4.98 Å². The maximum absolute atomic E-state index is 11.5. The first-order chi connectivity index (χ1) is 8.22. The first-order valence-electron chi connectivity index (χ1n) is 5.59. The number of nitrogens with one attached hydrogen (secondary N) is 1. The lowest BCUT2D eigenvalue weighted by Gasteiger charge is -2.30. The quantitative estimate of drug-likeness (QED) is 0.741. The minimum Gasteiger partial charge on any atom is -0.469 e. The number of hydrogen-bond acceptors (Lipinski definition) is 5. The van der Waals surface area contributed by atoms with Crippen molar-refractivity contribution in [2.24, 2.45) is 5.92 Å². The number of aromatic nitrogens is 2. The summed E-state index contributed by atoms with van der Waals surface area (Å²) in [6.45, 7) is 1.31. The number of hydrogen-bond donors (Lipinski definition) is 1. The van der Waals surface area contributed by atoms with E-state index in [-0.39, 0.29) is 17.4 Å². The number of ether oxygens (including phenoxy) is 1. The second-order valence-corrected chi connectivity index (χ2v) is 4.03. The van der Waals surface area contributed by atoms with Crippen molar-refractivity contribution in [1.29, 1.82) is 0 Å². The molecular weight excluding hydrogens is 222 g/mol. The van der Waals surface area contributed by atoms with Crippen LogP contribution < -0.4 is 10.5 Å². The molecule has 0 aliphatic carbocycles. The van der Waals surface area contributed by atoms with Gasteiger partial charge in [-0.3, -0.25) is 9.59 Å². The topological polar surface area (TPSA) is 75.3 Å². The summed E-state index contributed by atoms with van der Waals surface area (Å²) in [5, 5.41) is 0. The highest BCUT2D eigenvalue weighted by Crippen LogP contribution is 2.20. The Morgan fingerprint density at radius 1 is 1.53 bits per heavy atom. The zero-order valence-corrected chi connectivity index (χ0v) is 9.68. The Labute approximate surface area is 98.6 Å². The Bertz CT molecular complexity index is 449. The molecule has 1 aliphatic rings. The van der Waals surface area contributed by atoms with Crippen LogP contribution in [0.2, 0.25) is 0 Å². The summed E-state index contributed by atoms with van der Waals surface area (Å²) in [4.78, 5) is 31.4. The van der Waals surface area contributed by atoms with Crippen molar-refractivity contribution in [3.05, 3.63) is 22.7 Å². The molecule has 1 saturated heterocycles. The van der Waals surface area contributed by atoms with Crippen LogP contribution in [0.1, 0.15) is 12.8 Å². The molecule has 1 N–H and O–H groups in total. The van der Waals surface area contributed by atoms with E-state index in [4.69, 9.17) is 4.74 Å². The maximum Gasteiger partial charge on any atom is 0.308 e. The van der Waals surface area contributed by atoms with E-state index in [0.717, 1.165) is 0 Å². The van der Waals surface area contributed by atoms with Gasteiger partial charge in [-0.2, -0.15) is 0 Å². The summed E-state index contributed by atoms with van der Waals surface area (Å²) in [7, 11) is 1.40. The van der Waals surface area contributed by atoms with Crippen LogP contribution in [0.3, 0.4) is 0 Å². The molecule has 0 atom stereocenters. The molecule has 6 heteroatoms. The maximum atomic E-state index is 11.5. The van der Waals surface area contributed by atoms with Crippen molar-refractivity contribution in [3.8, 4) is 0 Å². The highest BCUT2D eigenvalue weighted by molar-refractivity contribution is 5.72. The summed E-state index contributed by atoms with van der Waals surface area (Å²) in [5.41, 5.74) is -0.191. The molecule has 0 amide bonds. The lowest BCUT2D eigenvalue weighted by Crippen LogP contribution is -2.39. The Morgan fingerprint density at radius 2 is 2.24 bits per heavy atom. The molecule has 1 fully saturated rings. The number of methoxy groups -OCH3 is 1. The van der Waals surface area contributed by atoms with Gasteiger partial charge in [0, 0.05) is 25.5 Å². The van der Waals surface area contributed by atoms with E-state index in [1.165, 1.54) is 13.3 Å². The van der Waals surface area contributed by atoms with Gasteiger partial charge < -0.3 is 14.6 Å². The van der Waals surface area contributed by atoms with E-state index in [1.54, 1.807) is 6.20 Å². The van der Waals surface area contributed by atoms with Crippen molar-refractivity contribution < 1.29 is 9.53 Å². The molecule has 6 nitrogen and oxygen atoms in total. The number of esters is 1. The number of rotatable bonds is 2. The van der Waals surface area contributed by atoms with Crippen LogP contribution in [0.15, 0.2) is 17.2 Å². The summed E-state index contributed by atoms with van der Waals surface area (Å²) in [5.74, 6) is 0.203. The van der Waals surface area contributed by atoms with Crippen LogP contribution in [0.5, 0.6) is 0 Å². The van der Waals surface area contributed by atoms with E-state index < -0.39 is 0 Å². The zero-order chi connectivity index (χ0) is 12.3. The molecule has 1 aromatic heterocycles. The van der Waals surface area contributed by atoms with E-state index in [0.29, 0.717) is 31.7 Å². The predicted molar refractivity (Wildman–Crippen MR) is 61.8 cm³/mol. The van der Waals surface area contributed by atoms with Gasteiger partial charge in [0.2, 0.25) is 0 Å². The monoisotopic (exact) mass is 237 g/mol. The first kappa shape index (κ1) is 11.6. The Balaban J connectivity index is 2.03. The Kier molecular flexibility index (Phi) is 3.41. The fourth-order valence-electron chi connectivity index (χ4n) is 2.06. The van der Waals surface area contributed by atoms with Gasteiger partial charge in [-0.1, -0.05) is 0 Å². The molecule has 0 radical (unpaired) electrons. The number of aromatic amines is 1. The second-order valence-electron chi connectivity index (χ2n) is 4.03. The minimum absolute atomic E-state index is 0.0564. The molecule has 0 aromatic carbocycles. The largest absolute Gasteiger partial charge is 0.469 e. The highest BCUT2D eigenvalue weighted by Gasteiger charge is 2.26. The number of anilines is 1. The fraction of sp³-hybridized carbons (Fsp3) is 0.545. The number of nitrogens with zero attached hydrogens (tertiary/aromatic N) is 2. The summed E-state index contributed by atoms with van der Waals surface area (Å²) in [6, 6.07) is 0. The number of H-pyrrole nitrogens is 1. The standard InChI is InChI=1S/C11H15N3O3/c1-17-11(16)8-2-6-14(7-3-8)9-10(15)13-5-4-12-9/h4-5,8H,2-3,6-7H2,1H3,(H,13,15). The van der Waals surface area contributed by atoms with Crippen LogP contribution >= 0.6 is 0 Å². The van der Waals surface area contributed by atoms with Gasteiger partial charge in [0.1, 0.15) is 0 Å². The predicted octanol–water partition coefficient (Wildman–Crippen LogP) is 0.159. The lowest BCUT2D eigenvalue weighted by molar-refractivity contribution is -0.146. The average molecular weight is 237 g/mol. The van der Waals surface area contributed by atoms with Crippen LogP contribution in [0.4, 0.5) is 5.82 Å². The van der Waals surface area contributed by atoms with E-state index in [9.17, 15) is 9.59 Å². The Hall–Kier alpha value is -1.85. The minimum atomic E-state index is -0.191. The van der Waals surface area contributed by atoms with Gasteiger partial charge in [0.25, 0.3) is 5.56 Å². The third-order valence-corrected chi connectivity index (χ3v) is 3.02. The highest BCUT2D eigenvalue weighted by atomic mass is 16.5. The molecule has 0 unspecified atom stereocenters. The van der Waals surface area contributed by atoms with Crippen LogP contribution in [-0.4, -0.2) is 36.1 Å². The smallest absolute Gasteiger partial charge is 0.308 e. The molecule has 1 aromatic rings. The number of carbonyl (C=O) groups excluding carboxylic acids is 1. The van der Waals surface area contributed by atoms with Crippen molar-refractivity contribution in [3.63, 3.8) is 0 Å². The molecule has 2 heterocycles. The molecule has 1 aliphatic heterocycles. The summed E-state index contributed by atoms with van der Waals surface area (Å²) >= 11 is 0. The third kappa shape index (κ3) is 2.46. The van der Waals surface area contributed by atoms with Crippen LogP contribution in [0.25, 0.3) is 0 Å². The summed E-state index contributed by atoms with van der Waals surface area (Å²) in [6.07, 6.45) is 4.46. The molecule has 92 valence electrons. The van der Waals surface area contributed by atoms with Crippen LogP contribution in [0, 0.1) is 5.92 Å². The van der Waals surface area contributed by atoms with E-state index in [2.05, 4.69) is 9.97 Å². The van der Waals surface area contributed by atoms with E-state index in [1.807, 2.05) is 4.90 Å². The molecule has 0 bridgehead atoms. The SMILES string of the molecule is COC(=O)C1CCN(c2ncc[nH]c2=O)CC1. The van der Waals surface area contributed by atoms with Crippen molar-refractivity contribution >= 4 is 11.8 Å². The fourth-order valence-corrected chi connectivity index (χ4v) is 2.06. The third-order valence-electron chi connectivity index (χ3n) is 3.02. The second kappa shape index (κ2) is 4.99. The average Bonchev–Trinajstić information content (AvgIpc) is 2.39. The Morgan fingerprint density at radius 3 is 2.82 bits per heavy atom. The van der Waals surface area contributed by atoms with Gasteiger partial charge in [-0.05, 0) is 12.8 Å². The van der Waals surface area contributed by atoms with Crippen molar-refractivity contribution in [2.75, 3.05) is 25.1 Å². The van der Waals surface area contributed by atoms with Crippen LogP contribution in [-0.2, 0) is 9.53 Å². The molecule has 17 heavy (non-hydrogen) atoms. The summed E-state index contributed by atoms with van der Waals surface area (Å²) < 4.78 is 4.71. The molecule has 0 spiro atoms. The number of piperidine rings is 1. The van der Waals surface area contributed by atoms with Gasteiger partial charge >= 0.3 is 5.97 Å². The van der Waals surface area contributed by atoms with Crippen molar-refractivity contribution in [2.45, 2.75) is 12.8 Å². The lowest BCUT2D eigenvalue weighted by atomic mass is 9.97. The normalized spacial score (nSPS) is 16.9. The van der Waals surface area contributed by atoms with Crippen molar-refractivity contribution in [1.82, 2.24) is 9.97 Å². The number of carbonyl (C=O) groups is 1. The molecular formula is C11H15N3O3. The van der Waals surface area contributed by atoms with Gasteiger partial charge in [-0.15, -0.1) is 0 Å². The van der Waals surface area contributed by atoms with Gasteiger partial charge in [0.15, 0.2) is 5.82 Å².